The Morgan fingerprint density at radius 3 is 1.41 bits per heavy atom. The average Bonchev–Trinajstić information content (AvgIpc) is 2.36. The van der Waals surface area contributed by atoms with Crippen LogP contribution in [-0.4, -0.2) is 23.4 Å². The summed E-state index contributed by atoms with van der Waals surface area (Å²) in [4.78, 5) is 0. The van der Waals surface area contributed by atoms with Gasteiger partial charge in [0.2, 0.25) is 0 Å². The van der Waals surface area contributed by atoms with E-state index in [1.807, 2.05) is 0 Å². The minimum Gasteiger partial charge on any atom is -0.396 e. The Bertz CT molecular complexity index is 132. The molecular formula is C15H32O2. The highest BCUT2D eigenvalue weighted by Crippen LogP contribution is 2.22. The lowest BCUT2D eigenvalue weighted by molar-refractivity contribution is 0.147. The zero-order valence-electron chi connectivity index (χ0n) is 11.8. The first-order chi connectivity index (χ1) is 8.28. The summed E-state index contributed by atoms with van der Waals surface area (Å²) in [5.41, 5.74) is 0. The monoisotopic (exact) mass is 244 g/mol. The van der Waals surface area contributed by atoms with Gasteiger partial charge < -0.3 is 10.2 Å². The van der Waals surface area contributed by atoms with Gasteiger partial charge in [0, 0.05) is 13.2 Å². The van der Waals surface area contributed by atoms with Crippen LogP contribution in [0.5, 0.6) is 0 Å². The third-order valence-electron chi connectivity index (χ3n) is 3.61. The zero-order valence-corrected chi connectivity index (χ0v) is 11.8. The second-order valence-corrected chi connectivity index (χ2v) is 5.32. The van der Waals surface area contributed by atoms with Gasteiger partial charge in [-0.2, -0.15) is 0 Å². The van der Waals surface area contributed by atoms with Gasteiger partial charge in [-0.15, -0.1) is 0 Å². The van der Waals surface area contributed by atoms with Crippen molar-refractivity contribution < 1.29 is 10.2 Å². The summed E-state index contributed by atoms with van der Waals surface area (Å²) in [6.07, 6.45) is 10.7. The molecule has 0 heterocycles. The lowest BCUT2D eigenvalue weighted by Crippen LogP contribution is -2.15. The molecule has 0 rings (SSSR count). The van der Waals surface area contributed by atoms with Crippen LogP contribution in [0.25, 0.3) is 0 Å². The van der Waals surface area contributed by atoms with Crippen LogP contribution in [0, 0.1) is 11.8 Å². The third kappa shape index (κ3) is 9.61. The quantitative estimate of drug-likeness (QED) is 0.513. The zero-order chi connectivity index (χ0) is 12.9. The van der Waals surface area contributed by atoms with E-state index in [1.54, 1.807) is 0 Å². The van der Waals surface area contributed by atoms with E-state index in [4.69, 9.17) is 0 Å². The van der Waals surface area contributed by atoms with Crippen molar-refractivity contribution in [2.75, 3.05) is 13.2 Å². The fourth-order valence-corrected chi connectivity index (χ4v) is 2.40. The van der Waals surface area contributed by atoms with Crippen LogP contribution in [0.2, 0.25) is 0 Å². The van der Waals surface area contributed by atoms with E-state index >= 15 is 0 Å². The van der Waals surface area contributed by atoms with Crippen molar-refractivity contribution >= 4 is 0 Å². The Balaban J connectivity index is 3.77. The maximum atomic E-state index is 9.36. The summed E-state index contributed by atoms with van der Waals surface area (Å²) >= 11 is 0. The summed E-state index contributed by atoms with van der Waals surface area (Å²) in [7, 11) is 0. The predicted octanol–water partition coefficient (Wildman–Crippen LogP) is 3.75. The topological polar surface area (TPSA) is 40.5 Å². The maximum absolute atomic E-state index is 9.36. The first kappa shape index (κ1) is 16.9. The van der Waals surface area contributed by atoms with Crippen molar-refractivity contribution in [1.82, 2.24) is 0 Å². The van der Waals surface area contributed by atoms with Gasteiger partial charge in [0.15, 0.2) is 0 Å². The molecule has 0 spiro atoms. The van der Waals surface area contributed by atoms with E-state index in [1.165, 1.54) is 38.5 Å². The van der Waals surface area contributed by atoms with E-state index in [2.05, 4.69) is 13.8 Å². The molecule has 0 aliphatic carbocycles. The van der Waals surface area contributed by atoms with Crippen LogP contribution in [-0.2, 0) is 0 Å². The molecule has 0 aliphatic heterocycles. The molecule has 2 nitrogen and oxygen atoms in total. The summed E-state index contributed by atoms with van der Waals surface area (Å²) in [6, 6.07) is 0. The van der Waals surface area contributed by atoms with Crippen molar-refractivity contribution in [2.45, 2.75) is 71.6 Å². The van der Waals surface area contributed by atoms with Gasteiger partial charge in [-0.1, -0.05) is 52.4 Å². The Kier molecular flexibility index (Phi) is 12.3. The predicted molar refractivity (Wildman–Crippen MR) is 74.1 cm³/mol. The molecule has 0 aromatic rings. The number of aliphatic hydroxyl groups excluding tert-OH is 2. The molecule has 2 atom stereocenters. The Morgan fingerprint density at radius 2 is 1.12 bits per heavy atom. The van der Waals surface area contributed by atoms with E-state index in [-0.39, 0.29) is 13.2 Å². The average molecular weight is 244 g/mol. The van der Waals surface area contributed by atoms with E-state index in [0.29, 0.717) is 11.8 Å². The van der Waals surface area contributed by atoms with Crippen LogP contribution in [0.4, 0.5) is 0 Å². The summed E-state index contributed by atoms with van der Waals surface area (Å²) in [5.74, 6) is 0.806. The van der Waals surface area contributed by atoms with Gasteiger partial charge in [0.05, 0.1) is 0 Å². The third-order valence-corrected chi connectivity index (χ3v) is 3.61. The van der Waals surface area contributed by atoms with Crippen LogP contribution in [0.15, 0.2) is 0 Å². The van der Waals surface area contributed by atoms with Crippen molar-refractivity contribution in [3.05, 3.63) is 0 Å². The molecule has 0 bridgehead atoms. The van der Waals surface area contributed by atoms with Crippen LogP contribution >= 0.6 is 0 Å². The van der Waals surface area contributed by atoms with E-state index < -0.39 is 0 Å². The molecule has 0 fully saturated rings. The lowest BCUT2D eigenvalue weighted by Gasteiger charge is -2.20. The van der Waals surface area contributed by atoms with Crippen molar-refractivity contribution in [3.63, 3.8) is 0 Å². The van der Waals surface area contributed by atoms with Gasteiger partial charge in [-0.25, -0.2) is 0 Å². The molecular weight excluding hydrogens is 212 g/mol. The van der Waals surface area contributed by atoms with Crippen molar-refractivity contribution in [3.8, 4) is 0 Å². The molecule has 2 heteroatoms. The molecule has 0 amide bonds. The summed E-state index contributed by atoms with van der Waals surface area (Å²) < 4.78 is 0. The molecule has 2 N–H and O–H groups in total. The smallest absolute Gasteiger partial charge is 0.0459 e. The van der Waals surface area contributed by atoms with Gasteiger partial charge >= 0.3 is 0 Å². The minimum absolute atomic E-state index is 0.286. The van der Waals surface area contributed by atoms with E-state index in [0.717, 1.165) is 19.3 Å². The first-order valence-corrected chi connectivity index (χ1v) is 7.50. The molecule has 2 unspecified atom stereocenters. The minimum atomic E-state index is 0.286. The molecule has 0 aromatic carbocycles. The molecule has 104 valence electrons. The highest BCUT2D eigenvalue weighted by Gasteiger charge is 2.14. The fraction of sp³-hybridized carbons (Fsp3) is 1.00. The first-order valence-electron chi connectivity index (χ1n) is 7.50. The molecule has 0 saturated carbocycles. The van der Waals surface area contributed by atoms with E-state index in [9.17, 15) is 10.2 Å². The SMILES string of the molecule is CCCCCC(CO)CC(CO)CCCCC. The number of rotatable bonds is 12. The number of hydrogen-bond donors (Lipinski definition) is 2. The number of aliphatic hydroxyl groups is 2. The highest BCUT2D eigenvalue weighted by molar-refractivity contribution is 4.66. The number of hydrogen-bond acceptors (Lipinski definition) is 2. The second kappa shape index (κ2) is 12.4. The molecule has 0 aliphatic rings. The maximum Gasteiger partial charge on any atom is 0.0459 e. The van der Waals surface area contributed by atoms with Crippen molar-refractivity contribution in [1.29, 1.82) is 0 Å². The van der Waals surface area contributed by atoms with Gasteiger partial charge in [0.25, 0.3) is 0 Å². The Hall–Kier alpha value is -0.0800. The summed E-state index contributed by atoms with van der Waals surface area (Å²) in [6.45, 7) is 4.98. The fourth-order valence-electron chi connectivity index (χ4n) is 2.40. The van der Waals surface area contributed by atoms with Gasteiger partial charge in [-0.05, 0) is 31.1 Å². The standard InChI is InChI=1S/C15H32O2/c1-3-5-7-9-14(12-16)11-15(13-17)10-8-6-4-2/h14-17H,3-13H2,1-2H3. The lowest BCUT2D eigenvalue weighted by atomic mass is 9.88. The molecule has 0 aromatic heterocycles. The number of unbranched alkanes of at least 4 members (excludes halogenated alkanes) is 4. The normalized spacial score (nSPS) is 14.8. The van der Waals surface area contributed by atoms with Crippen LogP contribution < -0.4 is 0 Å². The van der Waals surface area contributed by atoms with Crippen molar-refractivity contribution in [2.24, 2.45) is 11.8 Å². The van der Waals surface area contributed by atoms with Crippen LogP contribution in [0.1, 0.15) is 71.6 Å². The highest BCUT2D eigenvalue weighted by atomic mass is 16.3. The molecule has 0 saturated heterocycles. The largest absolute Gasteiger partial charge is 0.396 e. The Labute approximate surface area is 107 Å². The van der Waals surface area contributed by atoms with Gasteiger partial charge in [-0.3, -0.25) is 0 Å². The molecule has 0 radical (unpaired) electrons. The second-order valence-electron chi connectivity index (χ2n) is 5.32. The summed E-state index contributed by atoms with van der Waals surface area (Å²) in [5, 5.41) is 18.7. The van der Waals surface area contributed by atoms with Gasteiger partial charge in [0.1, 0.15) is 0 Å². The Morgan fingerprint density at radius 1 is 0.706 bits per heavy atom. The van der Waals surface area contributed by atoms with Crippen LogP contribution in [0.3, 0.4) is 0 Å². The molecule has 17 heavy (non-hydrogen) atoms.